The fourth-order valence-electron chi connectivity index (χ4n) is 2.14. The third kappa shape index (κ3) is 4.41. The van der Waals surface area contributed by atoms with Crippen LogP contribution in [0.4, 0.5) is 17.2 Å². The summed E-state index contributed by atoms with van der Waals surface area (Å²) < 4.78 is 5.17. The van der Waals surface area contributed by atoms with Gasteiger partial charge in [-0.2, -0.15) is 0 Å². The average molecular weight is 389 g/mol. The normalized spacial score (nSPS) is 10.3. The summed E-state index contributed by atoms with van der Waals surface area (Å²) in [5, 5.41) is 6.59. The minimum atomic E-state index is -0.436. The summed E-state index contributed by atoms with van der Waals surface area (Å²) >= 11 is 11.9. The van der Waals surface area contributed by atoms with Crippen molar-refractivity contribution in [1.82, 2.24) is 9.97 Å². The maximum absolute atomic E-state index is 12.3. The monoisotopic (exact) mass is 388 g/mol. The Morgan fingerprint density at radius 2 is 1.92 bits per heavy atom. The summed E-state index contributed by atoms with van der Waals surface area (Å²) in [7, 11) is 1.60. The van der Waals surface area contributed by atoms with Gasteiger partial charge in [0, 0.05) is 16.8 Å². The van der Waals surface area contributed by atoms with E-state index < -0.39 is 5.91 Å². The molecule has 6 nitrogen and oxygen atoms in total. The zero-order valence-electron chi connectivity index (χ0n) is 13.7. The number of benzene rings is 2. The van der Waals surface area contributed by atoms with Crippen LogP contribution in [0.3, 0.4) is 0 Å². The van der Waals surface area contributed by atoms with Crippen LogP contribution >= 0.6 is 23.2 Å². The van der Waals surface area contributed by atoms with Crippen molar-refractivity contribution in [3.63, 3.8) is 0 Å². The van der Waals surface area contributed by atoms with Crippen LogP contribution in [0.2, 0.25) is 10.0 Å². The summed E-state index contributed by atoms with van der Waals surface area (Å²) in [5.41, 5.74) is 1.35. The van der Waals surface area contributed by atoms with Crippen molar-refractivity contribution < 1.29 is 9.53 Å². The van der Waals surface area contributed by atoms with Gasteiger partial charge in [-0.1, -0.05) is 29.3 Å². The van der Waals surface area contributed by atoms with Crippen LogP contribution < -0.4 is 15.4 Å². The van der Waals surface area contributed by atoms with Crippen molar-refractivity contribution in [2.45, 2.75) is 0 Å². The third-order valence-corrected chi connectivity index (χ3v) is 3.97. The molecule has 132 valence electrons. The van der Waals surface area contributed by atoms with Crippen LogP contribution in [0, 0.1) is 0 Å². The number of carbonyl (C=O) groups excluding carboxylic acids is 1. The summed E-state index contributed by atoms with van der Waals surface area (Å²) in [6.45, 7) is 0. The Bertz CT molecular complexity index is 933. The lowest BCUT2D eigenvalue weighted by Crippen LogP contribution is -2.14. The molecule has 0 unspecified atom stereocenters. The molecule has 2 N–H and O–H groups in total. The molecular weight excluding hydrogens is 375 g/mol. The van der Waals surface area contributed by atoms with E-state index in [4.69, 9.17) is 27.9 Å². The van der Waals surface area contributed by atoms with E-state index >= 15 is 0 Å². The number of carbonyl (C=O) groups is 1. The molecule has 0 spiro atoms. The number of methoxy groups -OCH3 is 1. The Morgan fingerprint density at radius 3 is 2.65 bits per heavy atom. The Labute approximate surface area is 160 Å². The number of anilines is 3. The van der Waals surface area contributed by atoms with Crippen molar-refractivity contribution in [3.05, 3.63) is 70.6 Å². The lowest BCUT2D eigenvalue weighted by Gasteiger charge is -2.09. The molecule has 2 aromatic carbocycles. The van der Waals surface area contributed by atoms with Gasteiger partial charge in [0.05, 0.1) is 30.2 Å². The average Bonchev–Trinajstić information content (AvgIpc) is 2.65. The number of aromatic nitrogens is 2. The number of rotatable bonds is 5. The highest BCUT2D eigenvalue weighted by Crippen LogP contribution is 2.26. The van der Waals surface area contributed by atoms with E-state index in [1.807, 2.05) is 24.3 Å². The zero-order valence-corrected chi connectivity index (χ0v) is 15.2. The zero-order chi connectivity index (χ0) is 18.5. The number of hydrogen-bond donors (Lipinski definition) is 2. The molecular formula is C18H14Cl2N4O2. The molecule has 8 heteroatoms. The van der Waals surface area contributed by atoms with Gasteiger partial charge in [-0.15, -0.1) is 0 Å². The fraction of sp³-hybridized carbons (Fsp3) is 0.0556. The van der Waals surface area contributed by atoms with E-state index in [-0.39, 0.29) is 5.69 Å². The molecule has 0 bridgehead atoms. The number of hydrogen-bond acceptors (Lipinski definition) is 5. The maximum atomic E-state index is 12.3. The van der Waals surface area contributed by atoms with Crippen molar-refractivity contribution in [1.29, 1.82) is 0 Å². The van der Waals surface area contributed by atoms with E-state index in [0.717, 1.165) is 11.4 Å². The predicted molar refractivity (Wildman–Crippen MR) is 103 cm³/mol. The highest BCUT2D eigenvalue weighted by molar-refractivity contribution is 6.35. The van der Waals surface area contributed by atoms with Gasteiger partial charge in [0.25, 0.3) is 5.91 Å². The second-order valence-electron chi connectivity index (χ2n) is 5.22. The molecule has 0 atom stereocenters. The molecule has 0 radical (unpaired) electrons. The van der Waals surface area contributed by atoms with Gasteiger partial charge in [-0.05, 0) is 30.3 Å². The molecule has 1 heterocycles. The first kappa shape index (κ1) is 18.0. The largest absolute Gasteiger partial charge is 0.497 e. The molecule has 3 rings (SSSR count). The van der Waals surface area contributed by atoms with Gasteiger partial charge in [0.15, 0.2) is 0 Å². The standard InChI is InChI=1S/C18H14Cl2N4O2/c1-26-13-4-2-3-12(8-13)23-17-10-21-16(9-22-17)18(25)24-15-7-11(19)5-6-14(15)20/h2-10H,1H3,(H,22,23)(H,24,25). The number of halogens is 2. The number of amides is 1. The predicted octanol–water partition coefficient (Wildman–Crippen LogP) is 4.79. The van der Waals surface area contributed by atoms with Crippen LogP contribution in [0.25, 0.3) is 0 Å². The Kier molecular flexibility index (Phi) is 5.55. The topological polar surface area (TPSA) is 76.1 Å². The van der Waals surface area contributed by atoms with Crippen molar-refractivity contribution in [3.8, 4) is 5.75 Å². The summed E-state index contributed by atoms with van der Waals surface area (Å²) in [6, 6.07) is 12.2. The second-order valence-corrected chi connectivity index (χ2v) is 6.07. The SMILES string of the molecule is COc1cccc(Nc2cnc(C(=O)Nc3cc(Cl)ccc3Cl)cn2)c1. The van der Waals surface area contributed by atoms with Crippen molar-refractivity contribution in [2.24, 2.45) is 0 Å². The third-order valence-electron chi connectivity index (χ3n) is 3.40. The maximum Gasteiger partial charge on any atom is 0.275 e. The fourth-order valence-corrected chi connectivity index (χ4v) is 2.48. The van der Waals surface area contributed by atoms with Crippen molar-refractivity contribution >= 4 is 46.3 Å². The molecule has 0 aliphatic heterocycles. The van der Waals surface area contributed by atoms with Crippen LogP contribution in [0.15, 0.2) is 54.9 Å². The highest BCUT2D eigenvalue weighted by Gasteiger charge is 2.11. The molecule has 0 saturated carbocycles. The molecule has 0 saturated heterocycles. The molecule has 1 aromatic heterocycles. The summed E-state index contributed by atoms with van der Waals surface area (Å²) in [6.07, 6.45) is 2.84. The smallest absolute Gasteiger partial charge is 0.275 e. The van der Waals surface area contributed by atoms with Crippen LogP contribution in [0.5, 0.6) is 5.75 Å². The summed E-state index contributed by atoms with van der Waals surface area (Å²) in [5.74, 6) is 0.780. The van der Waals surface area contributed by atoms with E-state index in [1.165, 1.54) is 12.4 Å². The second kappa shape index (κ2) is 8.03. The Morgan fingerprint density at radius 1 is 1.08 bits per heavy atom. The van der Waals surface area contributed by atoms with E-state index in [0.29, 0.717) is 21.6 Å². The molecule has 3 aromatic rings. The first-order chi connectivity index (χ1) is 12.5. The molecule has 0 aliphatic carbocycles. The minimum Gasteiger partial charge on any atom is -0.497 e. The highest BCUT2D eigenvalue weighted by atomic mass is 35.5. The van der Waals surface area contributed by atoms with Gasteiger partial charge in [0.1, 0.15) is 17.3 Å². The Hall–Kier alpha value is -2.83. The Balaban J connectivity index is 1.70. The van der Waals surface area contributed by atoms with Gasteiger partial charge in [-0.25, -0.2) is 9.97 Å². The number of ether oxygens (including phenoxy) is 1. The lowest BCUT2D eigenvalue weighted by atomic mass is 10.3. The van der Waals surface area contributed by atoms with Gasteiger partial charge >= 0.3 is 0 Å². The van der Waals surface area contributed by atoms with E-state index in [9.17, 15) is 4.79 Å². The minimum absolute atomic E-state index is 0.150. The first-order valence-electron chi connectivity index (χ1n) is 7.54. The number of nitrogens with zero attached hydrogens (tertiary/aromatic N) is 2. The molecule has 1 amide bonds. The van der Waals surface area contributed by atoms with E-state index in [2.05, 4.69) is 20.6 Å². The summed E-state index contributed by atoms with van der Waals surface area (Å²) in [4.78, 5) is 20.6. The van der Waals surface area contributed by atoms with Gasteiger partial charge in [0.2, 0.25) is 0 Å². The first-order valence-corrected chi connectivity index (χ1v) is 8.30. The molecule has 0 aliphatic rings. The van der Waals surface area contributed by atoms with Crippen LogP contribution in [0.1, 0.15) is 10.5 Å². The lowest BCUT2D eigenvalue weighted by molar-refractivity contribution is 0.102. The van der Waals surface area contributed by atoms with Crippen LogP contribution in [-0.4, -0.2) is 23.0 Å². The van der Waals surface area contributed by atoms with Gasteiger partial charge < -0.3 is 15.4 Å². The molecule has 0 fully saturated rings. The van der Waals surface area contributed by atoms with Crippen molar-refractivity contribution in [2.75, 3.05) is 17.7 Å². The van der Waals surface area contributed by atoms with Gasteiger partial charge in [-0.3, -0.25) is 4.79 Å². The van der Waals surface area contributed by atoms with Crippen LogP contribution in [-0.2, 0) is 0 Å². The quantitative estimate of drug-likeness (QED) is 0.656. The molecule has 26 heavy (non-hydrogen) atoms. The number of nitrogens with one attached hydrogen (secondary N) is 2. The van der Waals surface area contributed by atoms with E-state index in [1.54, 1.807) is 25.3 Å².